The molecule has 1 unspecified atom stereocenters. The summed E-state index contributed by atoms with van der Waals surface area (Å²) in [4.78, 5) is 23.6. The second-order valence-electron chi connectivity index (χ2n) is 4.39. The summed E-state index contributed by atoms with van der Waals surface area (Å²) in [6, 6.07) is 4.73. The fourth-order valence-corrected chi connectivity index (χ4v) is 1.98. The number of esters is 1. The third-order valence-corrected chi connectivity index (χ3v) is 2.94. The van der Waals surface area contributed by atoms with Gasteiger partial charge < -0.3 is 15.4 Å². The van der Waals surface area contributed by atoms with Crippen molar-refractivity contribution in [2.75, 3.05) is 19.0 Å². The largest absolute Gasteiger partial charge is 0.465 e. The van der Waals surface area contributed by atoms with E-state index in [4.69, 9.17) is 11.6 Å². The molecule has 0 radical (unpaired) electrons. The van der Waals surface area contributed by atoms with Crippen molar-refractivity contribution in [3.63, 3.8) is 0 Å². The first-order chi connectivity index (χ1) is 9.47. The van der Waals surface area contributed by atoms with E-state index in [0.717, 1.165) is 6.54 Å². The van der Waals surface area contributed by atoms with Gasteiger partial charge in [-0.15, -0.1) is 0 Å². The van der Waals surface area contributed by atoms with E-state index in [1.165, 1.54) is 13.2 Å². The van der Waals surface area contributed by atoms with Gasteiger partial charge in [-0.25, -0.2) is 4.79 Å². The van der Waals surface area contributed by atoms with Gasteiger partial charge in [0.05, 0.1) is 18.4 Å². The van der Waals surface area contributed by atoms with Crippen LogP contribution in [0, 0.1) is 0 Å². The van der Waals surface area contributed by atoms with Crippen LogP contribution in [0.4, 0.5) is 5.69 Å². The van der Waals surface area contributed by atoms with Gasteiger partial charge in [0.25, 0.3) is 0 Å². The van der Waals surface area contributed by atoms with Crippen molar-refractivity contribution in [2.24, 2.45) is 0 Å². The van der Waals surface area contributed by atoms with Gasteiger partial charge in [-0.1, -0.05) is 18.5 Å². The zero-order valence-corrected chi connectivity index (χ0v) is 12.6. The van der Waals surface area contributed by atoms with Gasteiger partial charge in [0.15, 0.2) is 0 Å². The molecule has 0 aliphatic carbocycles. The van der Waals surface area contributed by atoms with Gasteiger partial charge in [-0.2, -0.15) is 0 Å². The summed E-state index contributed by atoms with van der Waals surface area (Å²) in [5.41, 5.74) is 0.638. The van der Waals surface area contributed by atoms with E-state index in [1.807, 2.05) is 13.8 Å². The second-order valence-corrected chi connectivity index (χ2v) is 4.83. The van der Waals surface area contributed by atoms with Gasteiger partial charge in [-0.05, 0) is 31.7 Å². The quantitative estimate of drug-likeness (QED) is 0.792. The van der Waals surface area contributed by atoms with Crippen LogP contribution in [0.15, 0.2) is 18.2 Å². The van der Waals surface area contributed by atoms with E-state index in [1.54, 1.807) is 12.1 Å². The first kappa shape index (κ1) is 16.5. The van der Waals surface area contributed by atoms with Crippen LogP contribution in [-0.2, 0) is 9.53 Å². The molecule has 1 rings (SSSR count). The highest BCUT2D eigenvalue weighted by atomic mass is 35.5. The lowest BCUT2D eigenvalue weighted by atomic mass is 10.1. The molecule has 1 aromatic rings. The highest BCUT2D eigenvalue weighted by Gasteiger charge is 2.15. The summed E-state index contributed by atoms with van der Waals surface area (Å²) in [5, 5.41) is 6.26. The summed E-state index contributed by atoms with van der Waals surface area (Å²) in [7, 11) is 1.28. The summed E-state index contributed by atoms with van der Waals surface area (Å²) in [6.07, 6.45) is 0.317. The predicted octanol–water partition coefficient (Wildman–Crippen LogP) is 2.45. The van der Waals surface area contributed by atoms with Crippen LogP contribution in [0.1, 0.15) is 30.6 Å². The zero-order chi connectivity index (χ0) is 15.1. The fraction of sp³-hybridized carbons (Fsp3) is 0.429. The number of rotatable bonds is 6. The third kappa shape index (κ3) is 4.83. The number of carbonyl (C=O) groups is 2. The molecule has 20 heavy (non-hydrogen) atoms. The van der Waals surface area contributed by atoms with Crippen molar-refractivity contribution in [1.29, 1.82) is 0 Å². The van der Waals surface area contributed by atoms with Gasteiger partial charge in [0, 0.05) is 17.5 Å². The molecule has 0 saturated heterocycles. The van der Waals surface area contributed by atoms with E-state index in [-0.39, 0.29) is 17.5 Å². The summed E-state index contributed by atoms with van der Waals surface area (Å²) >= 11 is 5.85. The Hall–Kier alpha value is -1.59. The van der Waals surface area contributed by atoms with Crippen molar-refractivity contribution in [2.45, 2.75) is 26.3 Å². The van der Waals surface area contributed by atoms with Gasteiger partial charge in [-0.3, -0.25) is 4.79 Å². The number of nitrogens with one attached hydrogen (secondary N) is 2. The van der Waals surface area contributed by atoms with Crippen molar-refractivity contribution in [3.05, 3.63) is 28.8 Å². The molecule has 0 bridgehead atoms. The monoisotopic (exact) mass is 298 g/mol. The minimum atomic E-state index is -0.539. The Balaban J connectivity index is 2.81. The summed E-state index contributed by atoms with van der Waals surface area (Å²) < 4.78 is 4.67. The second kappa shape index (κ2) is 7.87. The number of amides is 1. The lowest BCUT2D eigenvalue weighted by Crippen LogP contribution is -2.30. The lowest BCUT2D eigenvalue weighted by molar-refractivity contribution is -0.116. The van der Waals surface area contributed by atoms with Crippen LogP contribution < -0.4 is 10.6 Å². The molecule has 0 fully saturated rings. The van der Waals surface area contributed by atoms with Crippen molar-refractivity contribution in [1.82, 2.24) is 5.32 Å². The van der Waals surface area contributed by atoms with Crippen LogP contribution >= 0.6 is 11.6 Å². The highest BCUT2D eigenvalue weighted by molar-refractivity contribution is 6.31. The molecule has 0 aliphatic heterocycles. The Labute approximate surface area is 123 Å². The number of halogens is 1. The van der Waals surface area contributed by atoms with Crippen LogP contribution in [-0.4, -0.2) is 31.6 Å². The number of benzene rings is 1. The topological polar surface area (TPSA) is 67.4 Å². The molecule has 1 atom stereocenters. The minimum absolute atomic E-state index is 0.0638. The van der Waals surface area contributed by atoms with E-state index in [0.29, 0.717) is 17.1 Å². The number of anilines is 1. The molecule has 0 saturated carbocycles. The molecule has 0 aliphatic rings. The van der Waals surface area contributed by atoms with Crippen LogP contribution in [0.3, 0.4) is 0 Å². The Morgan fingerprint density at radius 2 is 2.10 bits per heavy atom. The molecule has 0 heterocycles. The van der Waals surface area contributed by atoms with Crippen molar-refractivity contribution in [3.8, 4) is 0 Å². The van der Waals surface area contributed by atoms with Gasteiger partial charge in [0.2, 0.25) is 5.91 Å². The van der Waals surface area contributed by atoms with E-state index in [9.17, 15) is 9.59 Å². The maximum Gasteiger partial charge on any atom is 0.340 e. The van der Waals surface area contributed by atoms with E-state index >= 15 is 0 Å². The van der Waals surface area contributed by atoms with Crippen molar-refractivity contribution < 1.29 is 14.3 Å². The van der Waals surface area contributed by atoms with Crippen LogP contribution in [0.5, 0.6) is 0 Å². The average molecular weight is 299 g/mol. The Kier molecular flexibility index (Phi) is 6.48. The van der Waals surface area contributed by atoms with E-state index < -0.39 is 5.97 Å². The summed E-state index contributed by atoms with van der Waals surface area (Å²) in [6.45, 7) is 4.69. The first-order valence-corrected chi connectivity index (χ1v) is 6.76. The molecular formula is C14H19ClN2O3. The number of hydrogen-bond acceptors (Lipinski definition) is 4. The fourth-order valence-electron chi connectivity index (χ4n) is 1.80. The molecular weight excluding hydrogens is 280 g/mol. The first-order valence-electron chi connectivity index (χ1n) is 6.39. The molecule has 6 heteroatoms. The lowest BCUT2D eigenvalue weighted by Gasteiger charge is -2.14. The van der Waals surface area contributed by atoms with E-state index in [2.05, 4.69) is 15.4 Å². The number of ether oxygens (including phenoxy) is 1. The molecule has 5 nitrogen and oxygen atoms in total. The molecule has 0 aromatic heterocycles. The van der Waals surface area contributed by atoms with Crippen molar-refractivity contribution >= 4 is 29.2 Å². The zero-order valence-electron chi connectivity index (χ0n) is 11.8. The SMILES string of the molecule is CCNC(C)CC(=O)Nc1ccc(Cl)cc1C(=O)OC. The maximum absolute atomic E-state index is 11.9. The van der Waals surface area contributed by atoms with Gasteiger partial charge in [0.1, 0.15) is 0 Å². The Bertz CT molecular complexity index is 491. The predicted molar refractivity (Wildman–Crippen MR) is 79.2 cm³/mol. The van der Waals surface area contributed by atoms with Crippen LogP contribution in [0.25, 0.3) is 0 Å². The molecule has 0 spiro atoms. The Morgan fingerprint density at radius 1 is 1.40 bits per heavy atom. The Morgan fingerprint density at radius 3 is 2.70 bits per heavy atom. The smallest absolute Gasteiger partial charge is 0.340 e. The number of carbonyl (C=O) groups excluding carboxylic acids is 2. The third-order valence-electron chi connectivity index (χ3n) is 2.71. The normalized spacial score (nSPS) is 11.8. The molecule has 1 aromatic carbocycles. The van der Waals surface area contributed by atoms with Crippen LogP contribution in [0.2, 0.25) is 5.02 Å². The maximum atomic E-state index is 11.9. The highest BCUT2D eigenvalue weighted by Crippen LogP contribution is 2.21. The molecule has 1 amide bonds. The minimum Gasteiger partial charge on any atom is -0.465 e. The summed E-state index contributed by atoms with van der Waals surface area (Å²) in [5.74, 6) is -0.714. The number of hydrogen-bond donors (Lipinski definition) is 2. The molecule has 2 N–H and O–H groups in total. The standard InChI is InChI=1S/C14H19ClN2O3/c1-4-16-9(2)7-13(18)17-12-6-5-10(15)8-11(12)14(19)20-3/h5-6,8-9,16H,4,7H2,1-3H3,(H,17,18). The number of methoxy groups -OCH3 is 1. The van der Waals surface area contributed by atoms with Gasteiger partial charge >= 0.3 is 5.97 Å². The average Bonchev–Trinajstić information content (AvgIpc) is 2.40. The molecule has 110 valence electrons.